The highest BCUT2D eigenvalue weighted by atomic mass is 35.5. The van der Waals surface area contributed by atoms with Crippen molar-refractivity contribution in [3.8, 4) is 0 Å². The minimum atomic E-state index is -0.344. The largest absolute Gasteiger partial charge is 0.384 e. The summed E-state index contributed by atoms with van der Waals surface area (Å²) in [5.74, 6) is -0.344. The molecule has 2 nitrogen and oxygen atoms in total. The summed E-state index contributed by atoms with van der Waals surface area (Å²) < 4.78 is 18.7. The molecule has 0 amide bonds. The van der Waals surface area contributed by atoms with E-state index in [0.717, 1.165) is 38.1 Å². The smallest absolute Gasteiger partial charge is 0.141 e. The summed E-state index contributed by atoms with van der Waals surface area (Å²) in [6, 6.07) is 5.15. The summed E-state index contributed by atoms with van der Waals surface area (Å²) in [5.41, 5.74) is 1.46. The SMILES string of the molecule is COC[C@]12CNCC[C@@]1(c1ccc(F)c(Cl)c1)C2. The summed E-state index contributed by atoms with van der Waals surface area (Å²) in [5, 5.41) is 3.66. The Morgan fingerprint density at radius 1 is 1.50 bits per heavy atom. The minimum Gasteiger partial charge on any atom is -0.384 e. The molecule has 3 rings (SSSR count). The molecule has 1 saturated heterocycles. The monoisotopic (exact) mass is 269 g/mol. The summed E-state index contributed by atoms with van der Waals surface area (Å²) in [4.78, 5) is 0. The van der Waals surface area contributed by atoms with Crippen molar-refractivity contribution in [2.24, 2.45) is 5.41 Å². The second-order valence-corrected chi connectivity index (χ2v) is 5.94. The highest BCUT2D eigenvalue weighted by Gasteiger charge is 2.68. The van der Waals surface area contributed by atoms with Gasteiger partial charge in [-0.1, -0.05) is 17.7 Å². The van der Waals surface area contributed by atoms with Crippen LogP contribution in [0.25, 0.3) is 0 Å². The van der Waals surface area contributed by atoms with E-state index in [2.05, 4.69) is 5.32 Å². The van der Waals surface area contributed by atoms with Crippen LogP contribution in [0.1, 0.15) is 18.4 Å². The van der Waals surface area contributed by atoms with Gasteiger partial charge in [-0.3, -0.25) is 0 Å². The molecule has 0 bridgehead atoms. The Kier molecular flexibility index (Phi) is 2.88. The van der Waals surface area contributed by atoms with E-state index in [4.69, 9.17) is 16.3 Å². The minimum absolute atomic E-state index is 0.131. The molecule has 1 aromatic carbocycles. The van der Waals surface area contributed by atoms with Crippen LogP contribution in [0.15, 0.2) is 18.2 Å². The number of ether oxygens (including phenoxy) is 1. The zero-order valence-electron chi connectivity index (χ0n) is 10.4. The number of piperidine rings is 1. The van der Waals surface area contributed by atoms with Crippen LogP contribution in [-0.4, -0.2) is 26.8 Å². The van der Waals surface area contributed by atoms with E-state index in [9.17, 15) is 4.39 Å². The summed E-state index contributed by atoms with van der Waals surface area (Å²) in [6.07, 6.45) is 2.17. The highest BCUT2D eigenvalue weighted by Crippen LogP contribution is 2.67. The Morgan fingerprint density at radius 3 is 3.06 bits per heavy atom. The maximum Gasteiger partial charge on any atom is 0.141 e. The van der Waals surface area contributed by atoms with Gasteiger partial charge in [-0.15, -0.1) is 0 Å². The van der Waals surface area contributed by atoms with E-state index < -0.39 is 0 Å². The van der Waals surface area contributed by atoms with Crippen molar-refractivity contribution in [2.75, 3.05) is 26.8 Å². The molecule has 98 valence electrons. The normalized spacial score (nSPS) is 34.2. The van der Waals surface area contributed by atoms with Gasteiger partial charge in [0.15, 0.2) is 0 Å². The number of methoxy groups -OCH3 is 1. The van der Waals surface area contributed by atoms with Crippen LogP contribution in [0, 0.1) is 11.2 Å². The predicted octanol–water partition coefficient (Wildman–Crippen LogP) is 2.75. The van der Waals surface area contributed by atoms with Crippen molar-refractivity contribution >= 4 is 11.6 Å². The van der Waals surface area contributed by atoms with E-state index in [1.54, 1.807) is 13.2 Å². The van der Waals surface area contributed by atoms with Crippen LogP contribution < -0.4 is 5.32 Å². The van der Waals surface area contributed by atoms with Gasteiger partial charge in [0.2, 0.25) is 0 Å². The lowest BCUT2D eigenvalue weighted by Gasteiger charge is -2.31. The number of hydrogen-bond donors (Lipinski definition) is 1. The number of rotatable bonds is 3. The highest BCUT2D eigenvalue weighted by molar-refractivity contribution is 6.30. The number of benzene rings is 1. The second kappa shape index (κ2) is 4.19. The van der Waals surface area contributed by atoms with Gasteiger partial charge in [-0.05, 0) is 37.1 Å². The molecule has 18 heavy (non-hydrogen) atoms. The maximum atomic E-state index is 13.3. The van der Waals surface area contributed by atoms with Crippen LogP contribution in [0.5, 0.6) is 0 Å². The average Bonchev–Trinajstić information content (AvgIpc) is 3.03. The van der Waals surface area contributed by atoms with Gasteiger partial charge < -0.3 is 10.1 Å². The first-order valence-corrected chi connectivity index (χ1v) is 6.67. The third-order valence-corrected chi connectivity index (χ3v) is 4.90. The Labute approximate surface area is 111 Å². The van der Waals surface area contributed by atoms with Gasteiger partial charge in [-0.25, -0.2) is 4.39 Å². The standard InChI is InChI=1S/C14H17ClFNO/c1-18-9-13-7-14(13,4-5-17-8-13)10-2-3-12(16)11(15)6-10/h2-3,6,17H,4-5,7-9H2,1H3/t13-,14-/m0/s1. The molecule has 2 aliphatic rings. The lowest BCUT2D eigenvalue weighted by atomic mass is 9.81. The molecule has 4 heteroatoms. The van der Waals surface area contributed by atoms with Crippen LogP contribution in [0.3, 0.4) is 0 Å². The number of fused-ring (bicyclic) bond motifs is 1. The molecule has 0 radical (unpaired) electrons. The van der Waals surface area contributed by atoms with Crippen LogP contribution >= 0.6 is 11.6 Å². The molecule has 0 unspecified atom stereocenters. The van der Waals surface area contributed by atoms with Crippen molar-refractivity contribution in [1.29, 1.82) is 0 Å². The predicted molar refractivity (Wildman–Crippen MR) is 69.5 cm³/mol. The van der Waals surface area contributed by atoms with Gasteiger partial charge in [0.25, 0.3) is 0 Å². The average molecular weight is 270 g/mol. The van der Waals surface area contributed by atoms with E-state index in [0.29, 0.717) is 0 Å². The first-order valence-electron chi connectivity index (χ1n) is 6.29. The van der Waals surface area contributed by atoms with Crippen LogP contribution in [-0.2, 0) is 10.2 Å². The first-order chi connectivity index (χ1) is 8.63. The zero-order valence-corrected chi connectivity index (χ0v) is 11.2. The summed E-state index contributed by atoms with van der Waals surface area (Å²) in [6.45, 7) is 2.71. The zero-order chi connectivity index (χ0) is 12.8. The third-order valence-electron chi connectivity index (χ3n) is 4.62. The van der Waals surface area contributed by atoms with E-state index in [-0.39, 0.29) is 21.7 Å². The first kappa shape index (κ1) is 12.4. The van der Waals surface area contributed by atoms with Gasteiger partial charge >= 0.3 is 0 Å². The molecule has 0 spiro atoms. The Morgan fingerprint density at radius 2 is 2.33 bits per heavy atom. The molecule has 1 saturated carbocycles. The van der Waals surface area contributed by atoms with Crippen molar-refractivity contribution in [3.63, 3.8) is 0 Å². The van der Waals surface area contributed by atoms with E-state index >= 15 is 0 Å². The number of halogens is 2. The van der Waals surface area contributed by atoms with Crippen LogP contribution in [0.2, 0.25) is 5.02 Å². The maximum absolute atomic E-state index is 13.3. The summed E-state index contributed by atoms with van der Waals surface area (Å²) in [7, 11) is 1.74. The third kappa shape index (κ3) is 1.61. The number of nitrogens with one attached hydrogen (secondary N) is 1. The van der Waals surface area contributed by atoms with Crippen LogP contribution in [0.4, 0.5) is 4.39 Å². The molecular formula is C14H17ClFNO. The molecule has 1 aromatic rings. The van der Waals surface area contributed by atoms with Crippen molar-refractivity contribution in [2.45, 2.75) is 18.3 Å². The molecule has 1 aliphatic carbocycles. The fraction of sp³-hybridized carbons (Fsp3) is 0.571. The lowest BCUT2D eigenvalue weighted by Crippen LogP contribution is -2.40. The molecule has 2 atom stereocenters. The lowest BCUT2D eigenvalue weighted by molar-refractivity contribution is 0.116. The van der Waals surface area contributed by atoms with Gasteiger partial charge in [0, 0.05) is 24.5 Å². The molecule has 1 N–H and O–H groups in total. The topological polar surface area (TPSA) is 21.3 Å². The fourth-order valence-electron chi connectivity index (χ4n) is 3.61. The van der Waals surface area contributed by atoms with E-state index in [1.807, 2.05) is 6.07 Å². The van der Waals surface area contributed by atoms with Gasteiger partial charge in [-0.2, -0.15) is 0 Å². The number of hydrogen-bond acceptors (Lipinski definition) is 2. The molecular weight excluding hydrogens is 253 g/mol. The van der Waals surface area contributed by atoms with Gasteiger partial charge in [0.05, 0.1) is 11.6 Å². The van der Waals surface area contributed by atoms with Crippen molar-refractivity contribution < 1.29 is 9.13 Å². The second-order valence-electron chi connectivity index (χ2n) is 5.53. The van der Waals surface area contributed by atoms with Gasteiger partial charge in [0.1, 0.15) is 5.82 Å². The quantitative estimate of drug-likeness (QED) is 0.911. The Balaban J connectivity index is 1.97. The van der Waals surface area contributed by atoms with E-state index in [1.165, 1.54) is 6.07 Å². The molecule has 1 heterocycles. The Hall–Kier alpha value is -0.640. The molecule has 0 aromatic heterocycles. The molecule has 2 fully saturated rings. The Bertz CT molecular complexity index is 477. The summed E-state index contributed by atoms with van der Waals surface area (Å²) >= 11 is 5.91. The van der Waals surface area contributed by atoms with Crippen molar-refractivity contribution in [1.82, 2.24) is 5.32 Å². The molecule has 1 aliphatic heterocycles. The fourth-order valence-corrected chi connectivity index (χ4v) is 3.79. The van der Waals surface area contributed by atoms with Crippen molar-refractivity contribution in [3.05, 3.63) is 34.6 Å².